The molecule has 0 amide bonds. The van der Waals surface area contributed by atoms with Crippen LogP contribution in [0.3, 0.4) is 0 Å². The van der Waals surface area contributed by atoms with Gasteiger partial charge in [0.15, 0.2) is 0 Å². The van der Waals surface area contributed by atoms with Crippen LogP contribution in [-0.2, 0) is 0 Å². The Balaban J connectivity index is 1.95. The molecular formula is C24H18. The van der Waals surface area contributed by atoms with Crippen LogP contribution in [-0.4, -0.2) is 0 Å². The number of hydrogen-bond donors (Lipinski definition) is 0. The molecular weight excluding hydrogens is 288 g/mol. The van der Waals surface area contributed by atoms with Gasteiger partial charge in [-0.25, -0.2) is 0 Å². The third-order valence-electron chi connectivity index (χ3n) is 4.31. The Kier molecular flexibility index (Phi) is 3.95. The summed E-state index contributed by atoms with van der Waals surface area (Å²) in [5.74, 6) is 0. The number of rotatable bonds is 2. The Morgan fingerprint density at radius 1 is 0.333 bits per heavy atom. The number of fused-ring (bicyclic) bond motifs is 1. The topological polar surface area (TPSA) is 0 Å². The molecule has 0 radical (unpaired) electrons. The average Bonchev–Trinajstić information content (AvgIpc) is 2.64. The lowest BCUT2D eigenvalue weighted by Crippen LogP contribution is -1.91. The van der Waals surface area contributed by atoms with Gasteiger partial charge in [0, 0.05) is 0 Å². The minimum Gasteiger partial charge on any atom is -0.0622 e. The highest BCUT2D eigenvalue weighted by Crippen LogP contribution is 2.32. The van der Waals surface area contributed by atoms with E-state index in [0.29, 0.717) is 0 Å². The van der Waals surface area contributed by atoms with Crippen molar-refractivity contribution in [1.29, 1.82) is 0 Å². The lowest BCUT2D eigenvalue weighted by molar-refractivity contribution is 1.57. The summed E-state index contributed by atoms with van der Waals surface area (Å²) in [6.45, 7) is 0. The normalized spacial score (nSPS) is 19.0. The Hall–Kier alpha value is -3.12. The van der Waals surface area contributed by atoms with Crippen LogP contribution in [0.25, 0.3) is 23.3 Å². The van der Waals surface area contributed by atoms with Gasteiger partial charge in [-0.05, 0) is 33.4 Å². The Morgan fingerprint density at radius 3 is 1.12 bits per heavy atom. The third kappa shape index (κ3) is 2.87. The molecule has 0 nitrogen and oxygen atoms in total. The molecule has 0 aromatic heterocycles. The predicted octanol–water partition coefficient (Wildman–Crippen LogP) is 6.34. The molecule has 3 aromatic rings. The minimum atomic E-state index is 1.23. The molecule has 0 aliphatic heterocycles. The predicted molar refractivity (Wildman–Crippen MR) is 104 cm³/mol. The molecule has 0 heterocycles. The molecule has 3 aromatic carbocycles. The second-order valence-corrected chi connectivity index (χ2v) is 5.85. The molecule has 0 saturated carbocycles. The number of hydrogen-bond acceptors (Lipinski definition) is 0. The van der Waals surface area contributed by atoms with Gasteiger partial charge in [0.25, 0.3) is 0 Å². The van der Waals surface area contributed by atoms with Gasteiger partial charge in [-0.1, -0.05) is 109 Å². The van der Waals surface area contributed by atoms with E-state index >= 15 is 0 Å². The quantitative estimate of drug-likeness (QED) is 0.518. The van der Waals surface area contributed by atoms with E-state index in [1.807, 2.05) is 0 Å². The maximum Gasteiger partial charge on any atom is -0.0105 e. The van der Waals surface area contributed by atoms with Crippen molar-refractivity contribution in [2.24, 2.45) is 0 Å². The van der Waals surface area contributed by atoms with Gasteiger partial charge in [0.1, 0.15) is 0 Å². The van der Waals surface area contributed by atoms with Gasteiger partial charge in [-0.15, -0.1) is 0 Å². The minimum absolute atomic E-state index is 1.23. The molecule has 0 fully saturated rings. The maximum absolute atomic E-state index is 2.24. The van der Waals surface area contributed by atoms with Crippen molar-refractivity contribution < 1.29 is 0 Å². The number of benzene rings is 3. The summed E-state index contributed by atoms with van der Waals surface area (Å²) < 4.78 is 0. The molecule has 0 heteroatoms. The van der Waals surface area contributed by atoms with Crippen LogP contribution in [0.2, 0.25) is 0 Å². The van der Waals surface area contributed by atoms with Crippen LogP contribution in [0, 0.1) is 0 Å². The van der Waals surface area contributed by atoms with Crippen molar-refractivity contribution in [3.8, 4) is 0 Å². The SMILES string of the molecule is C1=C/c2ccccc2\C=C/C(c2ccccc2)=C\1c1ccccc1. The highest BCUT2D eigenvalue weighted by Gasteiger charge is 2.09. The van der Waals surface area contributed by atoms with E-state index in [0.717, 1.165) is 0 Å². The molecule has 1 aliphatic carbocycles. The van der Waals surface area contributed by atoms with Crippen molar-refractivity contribution in [2.75, 3.05) is 0 Å². The summed E-state index contributed by atoms with van der Waals surface area (Å²) in [6.07, 6.45) is 8.90. The molecule has 0 atom stereocenters. The molecule has 4 rings (SSSR count). The van der Waals surface area contributed by atoms with Crippen molar-refractivity contribution in [3.63, 3.8) is 0 Å². The van der Waals surface area contributed by atoms with Crippen LogP contribution < -0.4 is 0 Å². The van der Waals surface area contributed by atoms with Gasteiger partial charge >= 0.3 is 0 Å². The molecule has 114 valence electrons. The Morgan fingerprint density at radius 2 is 0.708 bits per heavy atom. The highest BCUT2D eigenvalue weighted by molar-refractivity contribution is 6.03. The van der Waals surface area contributed by atoms with E-state index < -0.39 is 0 Å². The zero-order chi connectivity index (χ0) is 16.2. The standard InChI is InChI=1S/C24H18/c1-3-11-21(12-4-1)23-17-15-19-9-7-8-10-20(19)16-18-24(23)22-13-5-2-6-14-22/h1-18H/b17-15-,18-16-,19-15?,20-16?,23-17?,24-18?,24-23-. The zero-order valence-corrected chi connectivity index (χ0v) is 13.4. The van der Waals surface area contributed by atoms with E-state index in [2.05, 4.69) is 109 Å². The van der Waals surface area contributed by atoms with Crippen LogP contribution in [0.1, 0.15) is 22.3 Å². The van der Waals surface area contributed by atoms with Gasteiger partial charge in [0.2, 0.25) is 0 Å². The fraction of sp³-hybridized carbons (Fsp3) is 0. The van der Waals surface area contributed by atoms with E-state index in [1.54, 1.807) is 0 Å². The molecule has 0 unspecified atom stereocenters. The Bertz CT molecular complexity index is 848. The summed E-state index contributed by atoms with van der Waals surface area (Å²) >= 11 is 0. The molecule has 0 spiro atoms. The largest absolute Gasteiger partial charge is 0.0622 e. The van der Waals surface area contributed by atoms with Crippen molar-refractivity contribution in [3.05, 3.63) is 119 Å². The van der Waals surface area contributed by atoms with E-state index in [-0.39, 0.29) is 0 Å². The van der Waals surface area contributed by atoms with Crippen LogP contribution in [0.15, 0.2) is 97.1 Å². The second kappa shape index (κ2) is 6.55. The first kappa shape index (κ1) is 14.5. The first-order chi connectivity index (χ1) is 11.9. The fourth-order valence-electron chi connectivity index (χ4n) is 3.08. The Labute approximate surface area is 143 Å². The maximum atomic E-state index is 2.24. The number of allylic oxidation sites excluding steroid dienone is 4. The molecule has 1 aliphatic rings. The summed E-state index contributed by atoms with van der Waals surface area (Å²) in [5.41, 5.74) is 7.44. The summed E-state index contributed by atoms with van der Waals surface area (Å²) in [5, 5.41) is 0. The second-order valence-electron chi connectivity index (χ2n) is 5.85. The van der Waals surface area contributed by atoms with Crippen molar-refractivity contribution in [2.45, 2.75) is 0 Å². The van der Waals surface area contributed by atoms with Gasteiger partial charge in [-0.2, -0.15) is 0 Å². The van der Waals surface area contributed by atoms with Gasteiger partial charge in [0.05, 0.1) is 0 Å². The molecule has 0 bridgehead atoms. The lowest BCUT2D eigenvalue weighted by Gasteiger charge is -2.13. The molecule has 0 N–H and O–H groups in total. The van der Waals surface area contributed by atoms with E-state index in [4.69, 9.17) is 0 Å². The summed E-state index contributed by atoms with van der Waals surface area (Å²) in [7, 11) is 0. The van der Waals surface area contributed by atoms with Gasteiger partial charge in [-0.3, -0.25) is 0 Å². The monoisotopic (exact) mass is 306 g/mol. The summed E-state index contributed by atoms with van der Waals surface area (Å²) in [6, 6.07) is 29.7. The summed E-state index contributed by atoms with van der Waals surface area (Å²) in [4.78, 5) is 0. The van der Waals surface area contributed by atoms with Crippen molar-refractivity contribution >= 4 is 23.3 Å². The van der Waals surface area contributed by atoms with Gasteiger partial charge < -0.3 is 0 Å². The van der Waals surface area contributed by atoms with Crippen molar-refractivity contribution in [1.82, 2.24) is 0 Å². The lowest BCUT2D eigenvalue weighted by atomic mass is 9.91. The first-order valence-corrected chi connectivity index (χ1v) is 8.22. The molecule has 0 saturated heterocycles. The zero-order valence-electron chi connectivity index (χ0n) is 13.4. The average molecular weight is 306 g/mol. The van der Waals surface area contributed by atoms with E-state index in [1.165, 1.54) is 33.4 Å². The third-order valence-corrected chi connectivity index (χ3v) is 4.31. The smallest absolute Gasteiger partial charge is 0.0105 e. The fourth-order valence-corrected chi connectivity index (χ4v) is 3.08. The van der Waals surface area contributed by atoms with Crippen LogP contribution >= 0.6 is 0 Å². The highest BCUT2D eigenvalue weighted by atomic mass is 14.1. The first-order valence-electron chi connectivity index (χ1n) is 8.22. The molecule has 24 heavy (non-hydrogen) atoms. The van der Waals surface area contributed by atoms with Crippen LogP contribution in [0.4, 0.5) is 0 Å². The van der Waals surface area contributed by atoms with E-state index in [9.17, 15) is 0 Å². The van der Waals surface area contributed by atoms with Crippen LogP contribution in [0.5, 0.6) is 0 Å².